The molecule has 1 aromatic rings. The highest BCUT2D eigenvalue weighted by Crippen LogP contribution is 2.08. The zero-order valence-electron chi connectivity index (χ0n) is 7.46. The summed E-state index contributed by atoms with van der Waals surface area (Å²) >= 11 is 4.18. The summed E-state index contributed by atoms with van der Waals surface area (Å²) in [5.74, 6) is 0.840. The average molecular weight is 168 g/mol. The van der Waals surface area contributed by atoms with E-state index in [1.807, 2.05) is 26.0 Å². The van der Waals surface area contributed by atoms with Gasteiger partial charge in [0.1, 0.15) is 0 Å². The third-order valence-electron chi connectivity index (χ3n) is 1.43. The van der Waals surface area contributed by atoms with Crippen LogP contribution in [0, 0.1) is 6.92 Å². The molecule has 0 heterocycles. The van der Waals surface area contributed by atoms with Crippen LogP contribution >= 0.6 is 12.6 Å². The van der Waals surface area contributed by atoms with Gasteiger partial charge in [-0.05, 0) is 18.1 Å². The topological polar surface area (TPSA) is 0 Å². The predicted molar refractivity (Wildman–Crippen MR) is 55.2 cm³/mol. The summed E-state index contributed by atoms with van der Waals surface area (Å²) in [4.78, 5) is 0. The minimum absolute atomic E-state index is 0.840. The fourth-order valence-corrected chi connectivity index (χ4v) is 1.14. The van der Waals surface area contributed by atoms with Crippen molar-refractivity contribution in [2.75, 3.05) is 0 Å². The quantitative estimate of drug-likeness (QED) is 0.610. The Bertz CT molecular complexity index is 194. The van der Waals surface area contributed by atoms with Crippen LogP contribution in [0.4, 0.5) is 0 Å². The lowest BCUT2D eigenvalue weighted by molar-refractivity contribution is 1.32. The van der Waals surface area contributed by atoms with Gasteiger partial charge in [0.2, 0.25) is 0 Å². The number of benzene rings is 1. The maximum absolute atomic E-state index is 4.18. The van der Waals surface area contributed by atoms with Crippen LogP contribution in [-0.4, -0.2) is 0 Å². The first-order valence-electron chi connectivity index (χ1n) is 4.00. The van der Waals surface area contributed by atoms with Gasteiger partial charge in [0.25, 0.3) is 0 Å². The average Bonchev–Trinajstić information content (AvgIpc) is 2.09. The molecule has 0 radical (unpaired) electrons. The monoisotopic (exact) mass is 168 g/mol. The van der Waals surface area contributed by atoms with Crippen LogP contribution in [0.5, 0.6) is 0 Å². The van der Waals surface area contributed by atoms with E-state index in [0.717, 1.165) is 5.75 Å². The van der Waals surface area contributed by atoms with Gasteiger partial charge in [-0.2, -0.15) is 12.6 Å². The highest BCUT2D eigenvalue weighted by Gasteiger charge is 1.89. The first-order valence-corrected chi connectivity index (χ1v) is 4.63. The van der Waals surface area contributed by atoms with E-state index in [9.17, 15) is 0 Å². The van der Waals surface area contributed by atoms with Crippen LogP contribution in [-0.2, 0) is 5.75 Å². The Hall–Kier alpha value is -0.430. The van der Waals surface area contributed by atoms with Gasteiger partial charge in [-0.15, -0.1) is 0 Å². The summed E-state index contributed by atoms with van der Waals surface area (Å²) in [7, 11) is 0. The lowest BCUT2D eigenvalue weighted by atomic mass is 10.1. The Kier molecular flexibility index (Phi) is 6.05. The molecule has 0 aliphatic heterocycles. The van der Waals surface area contributed by atoms with Crippen molar-refractivity contribution in [2.24, 2.45) is 0 Å². The summed E-state index contributed by atoms with van der Waals surface area (Å²) < 4.78 is 0. The summed E-state index contributed by atoms with van der Waals surface area (Å²) in [6.45, 7) is 6.10. The summed E-state index contributed by atoms with van der Waals surface area (Å²) in [6, 6.07) is 8.29. The Labute approximate surface area is 75.1 Å². The van der Waals surface area contributed by atoms with Gasteiger partial charge in [-0.1, -0.05) is 38.1 Å². The number of rotatable bonds is 1. The van der Waals surface area contributed by atoms with Gasteiger partial charge in [-0.25, -0.2) is 0 Å². The van der Waals surface area contributed by atoms with E-state index < -0.39 is 0 Å². The lowest BCUT2D eigenvalue weighted by Gasteiger charge is -1.98. The maximum Gasteiger partial charge on any atom is 0.0156 e. The van der Waals surface area contributed by atoms with E-state index in [0.29, 0.717) is 0 Å². The van der Waals surface area contributed by atoms with Crippen LogP contribution in [0.2, 0.25) is 0 Å². The molecule has 0 aliphatic carbocycles. The zero-order chi connectivity index (χ0) is 8.69. The van der Waals surface area contributed by atoms with Gasteiger partial charge in [0.05, 0.1) is 0 Å². The molecule has 0 unspecified atom stereocenters. The highest BCUT2D eigenvalue weighted by atomic mass is 32.1. The Morgan fingerprint density at radius 1 is 1.18 bits per heavy atom. The van der Waals surface area contributed by atoms with E-state index in [4.69, 9.17) is 0 Å². The van der Waals surface area contributed by atoms with Gasteiger partial charge < -0.3 is 0 Å². The Balaban J connectivity index is 0.000000461. The van der Waals surface area contributed by atoms with Crippen LogP contribution in [0.1, 0.15) is 25.0 Å². The number of aryl methyl sites for hydroxylation is 1. The fourth-order valence-electron chi connectivity index (χ4n) is 0.787. The van der Waals surface area contributed by atoms with Crippen LogP contribution < -0.4 is 0 Å². The van der Waals surface area contributed by atoms with E-state index >= 15 is 0 Å². The molecule has 0 aromatic heterocycles. The third-order valence-corrected chi connectivity index (χ3v) is 1.77. The van der Waals surface area contributed by atoms with Crippen molar-refractivity contribution >= 4 is 12.6 Å². The molecular formula is C10H16S. The van der Waals surface area contributed by atoms with Crippen molar-refractivity contribution < 1.29 is 0 Å². The molecule has 0 saturated carbocycles. The Morgan fingerprint density at radius 3 is 2.09 bits per heavy atom. The second-order valence-electron chi connectivity index (χ2n) is 2.08. The molecule has 0 atom stereocenters. The van der Waals surface area contributed by atoms with Crippen molar-refractivity contribution in [2.45, 2.75) is 26.5 Å². The Morgan fingerprint density at radius 2 is 1.73 bits per heavy atom. The molecular weight excluding hydrogens is 152 g/mol. The van der Waals surface area contributed by atoms with Gasteiger partial charge in [0.15, 0.2) is 0 Å². The largest absolute Gasteiger partial charge is 0.175 e. The number of hydrogen-bond donors (Lipinski definition) is 1. The molecule has 1 aromatic carbocycles. The van der Waals surface area contributed by atoms with Crippen LogP contribution in [0.15, 0.2) is 24.3 Å². The minimum Gasteiger partial charge on any atom is -0.175 e. The molecule has 0 N–H and O–H groups in total. The van der Waals surface area contributed by atoms with E-state index in [-0.39, 0.29) is 0 Å². The molecule has 0 aliphatic rings. The van der Waals surface area contributed by atoms with Gasteiger partial charge in [-0.3, -0.25) is 0 Å². The second-order valence-corrected chi connectivity index (χ2v) is 2.40. The van der Waals surface area contributed by atoms with Crippen LogP contribution in [0.3, 0.4) is 0 Å². The highest BCUT2D eigenvalue weighted by molar-refractivity contribution is 7.79. The molecule has 0 bridgehead atoms. The predicted octanol–water partition coefficient (Wildman–Crippen LogP) is 3.45. The molecule has 0 spiro atoms. The van der Waals surface area contributed by atoms with Crippen molar-refractivity contribution in [3.05, 3.63) is 35.4 Å². The SMILES string of the molecule is CC.Cc1ccccc1CS. The van der Waals surface area contributed by atoms with Crippen molar-refractivity contribution in [3.8, 4) is 0 Å². The third kappa shape index (κ3) is 3.47. The normalized spacial score (nSPS) is 8.36. The standard InChI is InChI=1S/C8H10S.C2H6/c1-7-4-2-3-5-8(7)6-9;1-2/h2-5,9H,6H2,1H3;1-2H3. The van der Waals surface area contributed by atoms with Crippen molar-refractivity contribution in [1.82, 2.24) is 0 Å². The lowest BCUT2D eigenvalue weighted by Crippen LogP contribution is -1.80. The molecule has 0 amide bonds. The van der Waals surface area contributed by atoms with E-state index in [1.165, 1.54) is 11.1 Å². The summed E-state index contributed by atoms with van der Waals surface area (Å²) in [5.41, 5.74) is 2.65. The molecule has 0 saturated heterocycles. The first kappa shape index (κ1) is 10.6. The summed E-state index contributed by atoms with van der Waals surface area (Å²) in [6.07, 6.45) is 0. The number of hydrogen-bond acceptors (Lipinski definition) is 1. The molecule has 62 valence electrons. The smallest absolute Gasteiger partial charge is 0.0156 e. The van der Waals surface area contributed by atoms with Crippen molar-refractivity contribution in [3.63, 3.8) is 0 Å². The zero-order valence-corrected chi connectivity index (χ0v) is 8.36. The van der Waals surface area contributed by atoms with Crippen molar-refractivity contribution in [1.29, 1.82) is 0 Å². The van der Waals surface area contributed by atoms with Gasteiger partial charge >= 0.3 is 0 Å². The van der Waals surface area contributed by atoms with E-state index in [1.54, 1.807) is 0 Å². The van der Waals surface area contributed by atoms with Crippen LogP contribution in [0.25, 0.3) is 0 Å². The van der Waals surface area contributed by atoms with E-state index in [2.05, 4.69) is 31.7 Å². The first-order chi connectivity index (χ1) is 5.34. The molecule has 1 heteroatoms. The molecule has 0 nitrogen and oxygen atoms in total. The van der Waals surface area contributed by atoms with Gasteiger partial charge in [0, 0.05) is 5.75 Å². The number of thiol groups is 1. The molecule has 0 fully saturated rings. The molecule has 11 heavy (non-hydrogen) atoms. The molecule has 1 rings (SSSR count). The summed E-state index contributed by atoms with van der Waals surface area (Å²) in [5, 5.41) is 0. The second kappa shape index (κ2) is 6.29. The maximum atomic E-state index is 4.18. The minimum atomic E-state index is 0.840. The fraction of sp³-hybridized carbons (Fsp3) is 0.400.